The summed E-state index contributed by atoms with van der Waals surface area (Å²) in [7, 11) is 2.97. The van der Waals surface area contributed by atoms with Gasteiger partial charge in [-0.1, -0.05) is 30.3 Å². The standard InChI is InChI=1S/C17H22N2O4/c1-18-12-15(20)19(11-13-7-4-3-5-8-13)14(17(18)22)9-6-10-16(21)23-2/h3-5,7-8,14H,6,9-12H2,1-2H3. The number of nitrogens with zero attached hydrogens (tertiary/aromatic N) is 2. The molecule has 0 saturated carbocycles. The topological polar surface area (TPSA) is 66.9 Å². The Hall–Kier alpha value is -2.37. The highest BCUT2D eigenvalue weighted by molar-refractivity contribution is 5.94. The Labute approximate surface area is 136 Å². The number of piperazine rings is 1. The lowest BCUT2D eigenvalue weighted by molar-refractivity contribution is -0.155. The van der Waals surface area contributed by atoms with E-state index in [9.17, 15) is 14.4 Å². The van der Waals surface area contributed by atoms with Gasteiger partial charge in [0.25, 0.3) is 0 Å². The Kier molecular flexibility index (Phi) is 5.73. The first kappa shape index (κ1) is 17.0. The van der Waals surface area contributed by atoms with Gasteiger partial charge in [0, 0.05) is 20.0 Å². The monoisotopic (exact) mass is 318 g/mol. The molecule has 0 N–H and O–H groups in total. The van der Waals surface area contributed by atoms with Crippen molar-refractivity contribution in [1.82, 2.24) is 9.80 Å². The molecule has 1 unspecified atom stereocenters. The van der Waals surface area contributed by atoms with Crippen LogP contribution >= 0.6 is 0 Å². The molecule has 2 rings (SSSR count). The van der Waals surface area contributed by atoms with Gasteiger partial charge in [0.15, 0.2) is 0 Å². The zero-order valence-corrected chi connectivity index (χ0v) is 13.5. The van der Waals surface area contributed by atoms with Gasteiger partial charge in [-0.2, -0.15) is 0 Å². The zero-order valence-electron chi connectivity index (χ0n) is 13.5. The Morgan fingerprint density at radius 3 is 2.61 bits per heavy atom. The summed E-state index contributed by atoms with van der Waals surface area (Å²) in [6, 6.07) is 9.07. The number of hydrogen-bond acceptors (Lipinski definition) is 4. The summed E-state index contributed by atoms with van der Waals surface area (Å²) in [4.78, 5) is 39.1. The number of amides is 2. The molecule has 0 aliphatic carbocycles. The predicted molar refractivity (Wildman–Crippen MR) is 84.3 cm³/mol. The van der Waals surface area contributed by atoms with Crippen LogP contribution in [0.3, 0.4) is 0 Å². The molecule has 1 aromatic rings. The molecule has 1 atom stereocenters. The van der Waals surface area contributed by atoms with Crippen LogP contribution in [0.1, 0.15) is 24.8 Å². The Morgan fingerprint density at radius 1 is 1.26 bits per heavy atom. The summed E-state index contributed by atoms with van der Waals surface area (Å²) in [5.74, 6) is -0.452. The Morgan fingerprint density at radius 2 is 1.96 bits per heavy atom. The molecule has 1 aliphatic heterocycles. The number of esters is 1. The number of likely N-dealkylation sites (N-methyl/N-ethyl adjacent to an activating group) is 1. The van der Waals surface area contributed by atoms with Crippen LogP contribution in [0.2, 0.25) is 0 Å². The van der Waals surface area contributed by atoms with E-state index in [2.05, 4.69) is 4.74 Å². The van der Waals surface area contributed by atoms with Crippen LogP contribution in [0.5, 0.6) is 0 Å². The second-order valence-corrected chi connectivity index (χ2v) is 5.69. The van der Waals surface area contributed by atoms with Gasteiger partial charge in [-0.15, -0.1) is 0 Å². The Balaban J connectivity index is 2.08. The molecule has 124 valence electrons. The molecule has 0 spiro atoms. The molecular formula is C17H22N2O4. The lowest BCUT2D eigenvalue weighted by Gasteiger charge is -2.39. The molecule has 1 heterocycles. The van der Waals surface area contributed by atoms with Gasteiger partial charge in [0.05, 0.1) is 13.7 Å². The number of benzene rings is 1. The second kappa shape index (κ2) is 7.76. The summed E-state index contributed by atoms with van der Waals surface area (Å²) >= 11 is 0. The molecule has 0 radical (unpaired) electrons. The zero-order chi connectivity index (χ0) is 16.8. The fraction of sp³-hybridized carbons (Fsp3) is 0.471. The van der Waals surface area contributed by atoms with Crippen LogP contribution in [0.4, 0.5) is 0 Å². The molecule has 0 aromatic heterocycles. The number of rotatable bonds is 6. The third kappa shape index (κ3) is 4.31. The van der Waals surface area contributed by atoms with Crippen molar-refractivity contribution in [3.05, 3.63) is 35.9 Å². The van der Waals surface area contributed by atoms with E-state index in [4.69, 9.17) is 0 Å². The van der Waals surface area contributed by atoms with Crippen LogP contribution in [-0.4, -0.2) is 54.3 Å². The van der Waals surface area contributed by atoms with Gasteiger partial charge in [-0.3, -0.25) is 14.4 Å². The maximum absolute atomic E-state index is 12.4. The van der Waals surface area contributed by atoms with Crippen molar-refractivity contribution >= 4 is 17.8 Å². The lowest BCUT2D eigenvalue weighted by atomic mass is 10.0. The second-order valence-electron chi connectivity index (χ2n) is 5.69. The van der Waals surface area contributed by atoms with Crippen molar-refractivity contribution in [2.24, 2.45) is 0 Å². The molecule has 2 amide bonds. The molecule has 0 bridgehead atoms. The smallest absolute Gasteiger partial charge is 0.305 e. The predicted octanol–water partition coefficient (Wildman–Crippen LogP) is 1.20. The number of carbonyl (C=O) groups excluding carboxylic acids is 3. The van der Waals surface area contributed by atoms with E-state index in [1.165, 1.54) is 12.0 Å². The molecule has 1 fully saturated rings. The highest BCUT2D eigenvalue weighted by Gasteiger charge is 2.37. The van der Waals surface area contributed by atoms with Crippen LogP contribution in [0.25, 0.3) is 0 Å². The molecule has 6 nitrogen and oxygen atoms in total. The van der Waals surface area contributed by atoms with Crippen molar-refractivity contribution in [3.63, 3.8) is 0 Å². The number of hydrogen-bond donors (Lipinski definition) is 0. The van der Waals surface area contributed by atoms with Crippen LogP contribution in [-0.2, 0) is 25.7 Å². The normalized spacial score (nSPS) is 18.3. The highest BCUT2D eigenvalue weighted by Crippen LogP contribution is 2.20. The molecule has 6 heteroatoms. The minimum Gasteiger partial charge on any atom is -0.469 e. The Bertz CT molecular complexity index is 573. The minimum atomic E-state index is -0.522. The fourth-order valence-electron chi connectivity index (χ4n) is 2.73. The van der Waals surface area contributed by atoms with E-state index >= 15 is 0 Å². The van der Waals surface area contributed by atoms with Crippen molar-refractivity contribution in [2.45, 2.75) is 31.8 Å². The summed E-state index contributed by atoms with van der Waals surface area (Å²) in [6.07, 6.45) is 1.21. The number of carbonyl (C=O) groups is 3. The van der Waals surface area contributed by atoms with Gasteiger partial charge in [-0.25, -0.2) is 0 Å². The van der Waals surface area contributed by atoms with Crippen molar-refractivity contribution in [3.8, 4) is 0 Å². The van der Waals surface area contributed by atoms with Crippen LogP contribution in [0, 0.1) is 0 Å². The first-order chi connectivity index (χ1) is 11.0. The summed E-state index contributed by atoms with van der Waals surface area (Å²) in [5, 5.41) is 0. The van der Waals surface area contributed by atoms with Gasteiger partial charge in [-0.05, 0) is 18.4 Å². The SMILES string of the molecule is COC(=O)CCCC1C(=O)N(C)CC(=O)N1Cc1ccccc1. The third-order valence-corrected chi connectivity index (χ3v) is 4.01. The average molecular weight is 318 g/mol. The molecule has 1 aromatic carbocycles. The molecule has 1 aliphatic rings. The first-order valence-electron chi connectivity index (χ1n) is 7.68. The van der Waals surface area contributed by atoms with Gasteiger partial charge in [0.1, 0.15) is 6.04 Å². The molecule has 1 saturated heterocycles. The largest absolute Gasteiger partial charge is 0.469 e. The average Bonchev–Trinajstić information content (AvgIpc) is 2.55. The highest BCUT2D eigenvalue weighted by atomic mass is 16.5. The van der Waals surface area contributed by atoms with E-state index in [-0.39, 0.29) is 30.7 Å². The quantitative estimate of drug-likeness (QED) is 0.739. The van der Waals surface area contributed by atoms with Gasteiger partial charge in [0.2, 0.25) is 11.8 Å². The lowest BCUT2D eigenvalue weighted by Crippen LogP contribution is -2.58. The van der Waals surface area contributed by atoms with Crippen molar-refractivity contribution < 1.29 is 19.1 Å². The van der Waals surface area contributed by atoms with Gasteiger partial charge < -0.3 is 14.5 Å². The molecule has 23 heavy (non-hydrogen) atoms. The fourth-order valence-corrected chi connectivity index (χ4v) is 2.73. The maximum Gasteiger partial charge on any atom is 0.305 e. The maximum atomic E-state index is 12.4. The first-order valence-corrected chi connectivity index (χ1v) is 7.68. The van der Waals surface area contributed by atoms with Gasteiger partial charge >= 0.3 is 5.97 Å². The van der Waals surface area contributed by atoms with Crippen molar-refractivity contribution in [2.75, 3.05) is 20.7 Å². The van der Waals surface area contributed by atoms with E-state index in [1.807, 2.05) is 30.3 Å². The summed E-state index contributed by atoms with van der Waals surface area (Å²) in [6.45, 7) is 0.501. The van der Waals surface area contributed by atoms with E-state index < -0.39 is 6.04 Å². The molecular weight excluding hydrogens is 296 g/mol. The summed E-state index contributed by atoms with van der Waals surface area (Å²) in [5.41, 5.74) is 0.983. The van der Waals surface area contributed by atoms with E-state index in [1.54, 1.807) is 11.9 Å². The number of methoxy groups -OCH3 is 1. The minimum absolute atomic E-state index is 0.0704. The number of ether oxygens (including phenoxy) is 1. The van der Waals surface area contributed by atoms with Crippen molar-refractivity contribution in [1.29, 1.82) is 0 Å². The summed E-state index contributed by atoms with van der Waals surface area (Å²) < 4.78 is 4.62. The van der Waals surface area contributed by atoms with E-state index in [0.717, 1.165) is 5.56 Å². The van der Waals surface area contributed by atoms with E-state index in [0.29, 0.717) is 19.4 Å². The van der Waals surface area contributed by atoms with Crippen LogP contribution in [0.15, 0.2) is 30.3 Å². The van der Waals surface area contributed by atoms with Crippen LogP contribution < -0.4 is 0 Å². The third-order valence-electron chi connectivity index (χ3n) is 4.01.